The Hall–Kier alpha value is -2.60. The summed E-state index contributed by atoms with van der Waals surface area (Å²) in [7, 11) is 1.60. The van der Waals surface area contributed by atoms with Crippen molar-refractivity contribution in [1.82, 2.24) is 0 Å². The maximum atomic E-state index is 10.2. The van der Waals surface area contributed by atoms with Gasteiger partial charge in [-0.15, -0.1) is 6.42 Å². The van der Waals surface area contributed by atoms with Crippen molar-refractivity contribution in [3.63, 3.8) is 0 Å². The maximum absolute atomic E-state index is 10.2. The number of aliphatic hydroxyl groups is 4. The molecule has 29 heavy (non-hydrogen) atoms. The molecule has 1 heterocycles. The lowest BCUT2D eigenvalue weighted by Gasteiger charge is -2.39. The van der Waals surface area contributed by atoms with E-state index >= 15 is 0 Å². The lowest BCUT2D eigenvalue weighted by atomic mass is 9.99. The third-order valence-corrected chi connectivity index (χ3v) is 4.87. The van der Waals surface area contributed by atoms with Crippen LogP contribution in [0, 0.1) is 12.3 Å². The van der Waals surface area contributed by atoms with Gasteiger partial charge < -0.3 is 34.6 Å². The number of ether oxygens (including phenoxy) is 3. The fourth-order valence-electron chi connectivity index (χ4n) is 3.18. The van der Waals surface area contributed by atoms with Gasteiger partial charge in [-0.1, -0.05) is 18.1 Å². The van der Waals surface area contributed by atoms with Crippen molar-refractivity contribution in [2.75, 3.05) is 13.7 Å². The van der Waals surface area contributed by atoms with E-state index < -0.39 is 37.3 Å². The van der Waals surface area contributed by atoms with Crippen LogP contribution in [-0.4, -0.2) is 64.8 Å². The summed E-state index contributed by atoms with van der Waals surface area (Å²) < 4.78 is 16.4. The molecule has 0 unspecified atom stereocenters. The first kappa shape index (κ1) is 21.1. The van der Waals surface area contributed by atoms with Crippen LogP contribution >= 0.6 is 0 Å². The van der Waals surface area contributed by atoms with E-state index in [1.165, 1.54) is 0 Å². The van der Waals surface area contributed by atoms with Crippen LogP contribution in [0.25, 0.3) is 0 Å². The fraction of sp³-hybridized carbons (Fsp3) is 0.364. The van der Waals surface area contributed by atoms with Crippen molar-refractivity contribution in [2.24, 2.45) is 0 Å². The molecule has 0 saturated carbocycles. The molecule has 1 aliphatic rings. The quantitative estimate of drug-likeness (QED) is 0.521. The van der Waals surface area contributed by atoms with Gasteiger partial charge in [0.2, 0.25) is 6.29 Å². The second-order valence-electron chi connectivity index (χ2n) is 6.81. The molecule has 0 aliphatic carbocycles. The SMILES string of the molecule is C#Cc1ccc(O[C@@H]2O[C@H](CO)[C@@H](O)[C@H](O)[C@H]2O)c(Cc2ccc(OC)cc2)c1. The van der Waals surface area contributed by atoms with E-state index in [4.69, 9.17) is 20.6 Å². The summed E-state index contributed by atoms with van der Waals surface area (Å²) in [6.45, 7) is -0.528. The van der Waals surface area contributed by atoms with Crippen molar-refractivity contribution >= 4 is 0 Å². The molecule has 7 heteroatoms. The molecule has 0 bridgehead atoms. The Kier molecular flexibility index (Phi) is 6.75. The molecular formula is C22H24O7. The minimum absolute atomic E-state index is 0.407. The highest BCUT2D eigenvalue weighted by Gasteiger charge is 2.44. The highest BCUT2D eigenvalue weighted by molar-refractivity contribution is 5.46. The van der Waals surface area contributed by atoms with Crippen LogP contribution < -0.4 is 9.47 Å². The van der Waals surface area contributed by atoms with Crippen LogP contribution in [0.5, 0.6) is 11.5 Å². The average Bonchev–Trinajstić information content (AvgIpc) is 2.75. The molecular weight excluding hydrogens is 376 g/mol. The Balaban J connectivity index is 1.85. The number of hydrogen-bond donors (Lipinski definition) is 4. The molecule has 0 spiro atoms. The van der Waals surface area contributed by atoms with Crippen LogP contribution in [0.15, 0.2) is 42.5 Å². The number of hydrogen-bond acceptors (Lipinski definition) is 7. The smallest absolute Gasteiger partial charge is 0.229 e. The van der Waals surface area contributed by atoms with Crippen molar-refractivity contribution < 1.29 is 34.6 Å². The predicted molar refractivity (Wildman–Crippen MR) is 105 cm³/mol. The van der Waals surface area contributed by atoms with Gasteiger partial charge in [-0.3, -0.25) is 0 Å². The van der Waals surface area contributed by atoms with E-state index in [0.717, 1.165) is 16.9 Å². The average molecular weight is 400 g/mol. The van der Waals surface area contributed by atoms with Crippen LogP contribution in [-0.2, 0) is 11.2 Å². The highest BCUT2D eigenvalue weighted by atomic mass is 16.7. The molecule has 4 N–H and O–H groups in total. The Morgan fingerprint density at radius 2 is 1.76 bits per heavy atom. The molecule has 1 fully saturated rings. The predicted octanol–water partition coefficient (Wildman–Crippen LogP) is 0.446. The van der Waals surface area contributed by atoms with Crippen LogP contribution in [0.4, 0.5) is 0 Å². The van der Waals surface area contributed by atoms with Crippen LogP contribution in [0.3, 0.4) is 0 Å². The fourth-order valence-corrected chi connectivity index (χ4v) is 3.18. The highest BCUT2D eigenvalue weighted by Crippen LogP contribution is 2.29. The van der Waals surface area contributed by atoms with Crippen molar-refractivity contribution in [3.8, 4) is 23.8 Å². The molecule has 154 valence electrons. The Bertz CT molecular complexity index is 856. The minimum Gasteiger partial charge on any atom is -0.497 e. The Morgan fingerprint density at radius 3 is 2.38 bits per heavy atom. The zero-order valence-corrected chi connectivity index (χ0v) is 15.9. The first-order valence-corrected chi connectivity index (χ1v) is 9.16. The molecule has 7 nitrogen and oxygen atoms in total. The van der Waals surface area contributed by atoms with Gasteiger partial charge in [-0.25, -0.2) is 0 Å². The summed E-state index contributed by atoms with van der Waals surface area (Å²) in [4.78, 5) is 0. The Morgan fingerprint density at radius 1 is 1.03 bits per heavy atom. The van der Waals surface area contributed by atoms with Gasteiger partial charge >= 0.3 is 0 Å². The molecule has 0 radical (unpaired) electrons. The van der Waals surface area contributed by atoms with Gasteiger partial charge in [-0.05, 0) is 41.5 Å². The zero-order valence-electron chi connectivity index (χ0n) is 15.9. The standard InChI is InChI=1S/C22H24O7/c1-3-13-6-9-17(15(10-13)11-14-4-7-16(27-2)8-5-14)28-22-21(26)20(25)19(24)18(12-23)29-22/h1,4-10,18-26H,11-12H2,2H3/t18-,19-,20+,21-,22-/m1/s1. The maximum Gasteiger partial charge on any atom is 0.229 e. The van der Waals surface area contributed by atoms with E-state index in [1.807, 2.05) is 24.3 Å². The molecule has 5 atom stereocenters. The molecule has 0 aromatic heterocycles. The molecule has 3 rings (SSSR count). The van der Waals surface area contributed by atoms with Crippen molar-refractivity contribution in [1.29, 1.82) is 0 Å². The van der Waals surface area contributed by atoms with Gasteiger partial charge in [0, 0.05) is 12.0 Å². The minimum atomic E-state index is -1.51. The first-order chi connectivity index (χ1) is 14.0. The number of aliphatic hydroxyl groups excluding tert-OH is 4. The lowest BCUT2D eigenvalue weighted by molar-refractivity contribution is -0.277. The van der Waals surface area contributed by atoms with Crippen molar-refractivity contribution in [2.45, 2.75) is 37.1 Å². The van der Waals surface area contributed by atoms with E-state index in [0.29, 0.717) is 17.7 Å². The van der Waals surface area contributed by atoms with E-state index in [1.54, 1.807) is 25.3 Å². The van der Waals surface area contributed by atoms with E-state index in [9.17, 15) is 20.4 Å². The molecule has 2 aromatic rings. The summed E-state index contributed by atoms with van der Waals surface area (Å²) in [6.07, 6.45) is -0.758. The summed E-state index contributed by atoms with van der Waals surface area (Å²) in [5.74, 6) is 3.72. The summed E-state index contributed by atoms with van der Waals surface area (Å²) in [5, 5.41) is 39.5. The number of rotatable bonds is 6. The Labute approximate surface area is 169 Å². The number of benzene rings is 2. The largest absolute Gasteiger partial charge is 0.497 e. The van der Waals surface area contributed by atoms with E-state index in [-0.39, 0.29) is 0 Å². The van der Waals surface area contributed by atoms with Gasteiger partial charge in [0.25, 0.3) is 0 Å². The van der Waals surface area contributed by atoms with Crippen LogP contribution in [0.1, 0.15) is 16.7 Å². The summed E-state index contributed by atoms with van der Waals surface area (Å²) >= 11 is 0. The summed E-state index contributed by atoms with van der Waals surface area (Å²) in [5.41, 5.74) is 2.40. The third kappa shape index (κ3) is 4.70. The summed E-state index contributed by atoms with van der Waals surface area (Å²) in [6, 6.07) is 12.7. The van der Waals surface area contributed by atoms with E-state index in [2.05, 4.69) is 5.92 Å². The van der Waals surface area contributed by atoms with Gasteiger partial charge in [0.05, 0.1) is 13.7 Å². The first-order valence-electron chi connectivity index (χ1n) is 9.16. The molecule has 1 aliphatic heterocycles. The molecule has 1 saturated heterocycles. The number of terminal acetylenes is 1. The normalized spacial score (nSPS) is 26.6. The zero-order chi connectivity index (χ0) is 21.0. The van der Waals surface area contributed by atoms with Crippen LogP contribution in [0.2, 0.25) is 0 Å². The van der Waals surface area contributed by atoms with Gasteiger partial charge in [0.1, 0.15) is 35.9 Å². The number of methoxy groups -OCH3 is 1. The molecule has 2 aromatic carbocycles. The third-order valence-electron chi connectivity index (χ3n) is 4.87. The second-order valence-corrected chi connectivity index (χ2v) is 6.81. The van der Waals surface area contributed by atoms with Crippen molar-refractivity contribution in [3.05, 3.63) is 59.2 Å². The van der Waals surface area contributed by atoms with Gasteiger partial charge in [-0.2, -0.15) is 0 Å². The lowest BCUT2D eigenvalue weighted by Crippen LogP contribution is -2.60. The van der Waals surface area contributed by atoms with Gasteiger partial charge in [0.15, 0.2) is 0 Å². The second kappa shape index (κ2) is 9.27. The monoisotopic (exact) mass is 400 g/mol. The topological polar surface area (TPSA) is 109 Å². The molecule has 0 amide bonds.